The molecule has 1 aromatic carbocycles. The standard InChI is InChI=1S/C17H18N6O/c1-12-9-19-23(10-12)14-6-4-13(5-7-14)17(24)21-15-3-2-8-22-16(15)18-11-20-22/h4-7,9-11,15H,2-3,8H2,1H3,(H,21,24). The van der Waals surface area contributed by atoms with Crippen molar-refractivity contribution in [1.29, 1.82) is 0 Å². The van der Waals surface area contributed by atoms with Gasteiger partial charge in [-0.15, -0.1) is 0 Å². The van der Waals surface area contributed by atoms with Gasteiger partial charge in [0.1, 0.15) is 12.2 Å². The first kappa shape index (κ1) is 14.6. The van der Waals surface area contributed by atoms with Crippen LogP contribution in [-0.4, -0.2) is 30.5 Å². The molecule has 1 unspecified atom stereocenters. The molecular weight excluding hydrogens is 304 g/mol. The first-order valence-corrected chi connectivity index (χ1v) is 8.01. The molecule has 0 fully saturated rings. The van der Waals surface area contributed by atoms with E-state index in [0.29, 0.717) is 5.56 Å². The van der Waals surface area contributed by atoms with Crippen LogP contribution in [0.2, 0.25) is 0 Å². The first-order chi connectivity index (χ1) is 11.7. The molecule has 0 aliphatic carbocycles. The molecule has 1 atom stereocenters. The Morgan fingerprint density at radius 1 is 1.25 bits per heavy atom. The fraction of sp³-hybridized carbons (Fsp3) is 0.294. The van der Waals surface area contributed by atoms with Gasteiger partial charge in [0.25, 0.3) is 5.91 Å². The quantitative estimate of drug-likeness (QED) is 0.800. The fourth-order valence-corrected chi connectivity index (χ4v) is 2.99. The highest BCUT2D eigenvalue weighted by Gasteiger charge is 2.24. The van der Waals surface area contributed by atoms with Crippen LogP contribution in [0.3, 0.4) is 0 Å². The van der Waals surface area contributed by atoms with E-state index in [0.717, 1.165) is 36.5 Å². The van der Waals surface area contributed by atoms with E-state index >= 15 is 0 Å². The minimum Gasteiger partial charge on any atom is -0.342 e. The van der Waals surface area contributed by atoms with Gasteiger partial charge in [0, 0.05) is 18.3 Å². The van der Waals surface area contributed by atoms with Crippen LogP contribution in [0.25, 0.3) is 5.69 Å². The van der Waals surface area contributed by atoms with Crippen molar-refractivity contribution in [2.75, 3.05) is 0 Å². The number of aromatic nitrogens is 5. The molecule has 1 amide bonds. The van der Waals surface area contributed by atoms with Crippen LogP contribution in [-0.2, 0) is 6.54 Å². The molecule has 0 saturated heterocycles. The van der Waals surface area contributed by atoms with Crippen molar-refractivity contribution in [2.24, 2.45) is 0 Å². The van der Waals surface area contributed by atoms with E-state index in [9.17, 15) is 4.79 Å². The highest BCUT2D eigenvalue weighted by Crippen LogP contribution is 2.22. The van der Waals surface area contributed by atoms with Crippen LogP contribution in [0.1, 0.15) is 40.6 Å². The molecule has 24 heavy (non-hydrogen) atoms. The molecular formula is C17H18N6O. The molecule has 3 aromatic rings. The Balaban J connectivity index is 1.49. The maximum atomic E-state index is 12.5. The van der Waals surface area contributed by atoms with E-state index in [4.69, 9.17) is 0 Å². The lowest BCUT2D eigenvalue weighted by Crippen LogP contribution is -2.33. The zero-order valence-corrected chi connectivity index (χ0v) is 13.4. The number of amides is 1. The number of aryl methyl sites for hydroxylation is 2. The van der Waals surface area contributed by atoms with Gasteiger partial charge in [-0.2, -0.15) is 10.2 Å². The molecule has 1 N–H and O–H groups in total. The molecule has 7 nitrogen and oxygen atoms in total. The van der Waals surface area contributed by atoms with Gasteiger partial charge in [-0.3, -0.25) is 4.79 Å². The number of rotatable bonds is 3. The summed E-state index contributed by atoms with van der Waals surface area (Å²) in [5.41, 5.74) is 2.65. The van der Waals surface area contributed by atoms with Crippen molar-refractivity contribution in [2.45, 2.75) is 32.4 Å². The lowest BCUT2D eigenvalue weighted by molar-refractivity contribution is 0.0927. The summed E-state index contributed by atoms with van der Waals surface area (Å²) < 4.78 is 3.65. The van der Waals surface area contributed by atoms with Crippen molar-refractivity contribution in [1.82, 2.24) is 29.9 Å². The summed E-state index contributed by atoms with van der Waals surface area (Å²) in [6, 6.07) is 7.34. The van der Waals surface area contributed by atoms with Gasteiger partial charge in [-0.05, 0) is 49.6 Å². The Hall–Kier alpha value is -2.96. The van der Waals surface area contributed by atoms with Crippen LogP contribution in [0.4, 0.5) is 0 Å². The summed E-state index contributed by atoms with van der Waals surface area (Å²) in [6.45, 7) is 2.86. The maximum Gasteiger partial charge on any atom is 0.251 e. The number of carbonyl (C=O) groups is 1. The van der Waals surface area contributed by atoms with E-state index in [2.05, 4.69) is 20.5 Å². The van der Waals surface area contributed by atoms with Gasteiger partial charge in [0.2, 0.25) is 0 Å². The smallest absolute Gasteiger partial charge is 0.251 e. The van der Waals surface area contributed by atoms with Gasteiger partial charge < -0.3 is 5.32 Å². The molecule has 0 bridgehead atoms. The number of hydrogen-bond acceptors (Lipinski definition) is 4. The molecule has 0 spiro atoms. The van der Waals surface area contributed by atoms with Crippen LogP contribution in [0.5, 0.6) is 0 Å². The summed E-state index contributed by atoms with van der Waals surface area (Å²) in [7, 11) is 0. The van der Waals surface area contributed by atoms with Crippen LogP contribution < -0.4 is 5.32 Å². The van der Waals surface area contributed by atoms with Crippen molar-refractivity contribution in [3.63, 3.8) is 0 Å². The second kappa shape index (κ2) is 5.92. The Bertz CT molecular complexity index is 863. The second-order valence-electron chi connectivity index (χ2n) is 6.02. The van der Waals surface area contributed by atoms with Crippen LogP contribution >= 0.6 is 0 Å². The van der Waals surface area contributed by atoms with Crippen molar-refractivity contribution in [3.05, 3.63) is 59.9 Å². The third-order valence-corrected chi connectivity index (χ3v) is 4.23. The lowest BCUT2D eigenvalue weighted by Gasteiger charge is -2.23. The fourth-order valence-electron chi connectivity index (χ4n) is 2.99. The molecule has 122 valence electrons. The molecule has 2 aromatic heterocycles. The van der Waals surface area contributed by atoms with Gasteiger partial charge >= 0.3 is 0 Å². The number of hydrogen-bond donors (Lipinski definition) is 1. The molecule has 1 aliphatic heterocycles. The monoisotopic (exact) mass is 322 g/mol. The molecule has 3 heterocycles. The third kappa shape index (κ3) is 2.68. The van der Waals surface area contributed by atoms with Gasteiger partial charge in [0.15, 0.2) is 0 Å². The molecule has 1 aliphatic rings. The molecule has 0 saturated carbocycles. The van der Waals surface area contributed by atoms with Crippen LogP contribution in [0, 0.1) is 6.92 Å². The average Bonchev–Trinajstić information content (AvgIpc) is 3.24. The highest BCUT2D eigenvalue weighted by atomic mass is 16.1. The normalized spacial score (nSPS) is 16.6. The van der Waals surface area contributed by atoms with Crippen molar-refractivity contribution >= 4 is 5.91 Å². The summed E-state index contributed by atoms with van der Waals surface area (Å²) in [5.74, 6) is 0.734. The summed E-state index contributed by atoms with van der Waals surface area (Å²) in [4.78, 5) is 16.8. The first-order valence-electron chi connectivity index (χ1n) is 8.01. The van der Waals surface area contributed by atoms with E-state index in [1.807, 2.05) is 42.1 Å². The Morgan fingerprint density at radius 3 is 2.83 bits per heavy atom. The number of carbonyl (C=O) groups excluding carboxylic acids is 1. The minimum atomic E-state index is -0.0976. The largest absolute Gasteiger partial charge is 0.342 e. The summed E-state index contributed by atoms with van der Waals surface area (Å²) in [5, 5.41) is 11.5. The van der Waals surface area contributed by atoms with Gasteiger partial charge in [0.05, 0.1) is 17.9 Å². The number of fused-ring (bicyclic) bond motifs is 1. The minimum absolute atomic E-state index is 0.0813. The van der Waals surface area contributed by atoms with Crippen molar-refractivity contribution < 1.29 is 4.79 Å². The Labute approximate surface area is 139 Å². The summed E-state index contributed by atoms with van der Waals surface area (Å²) in [6.07, 6.45) is 7.17. The van der Waals surface area contributed by atoms with Crippen molar-refractivity contribution in [3.8, 4) is 5.69 Å². The Kier molecular flexibility index (Phi) is 3.60. The summed E-state index contributed by atoms with van der Waals surface area (Å²) >= 11 is 0. The lowest BCUT2D eigenvalue weighted by atomic mass is 10.1. The predicted octanol–water partition coefficient (Wildman–Crippen LogP) is 2.04. The number of benzene rings is 1. The number of nitrogens with one attached hydrogen (secondary N) is 1. The SMILES string of the molecule is Cc1cnn(-c2ccc(C(=O)NC3CCCn4ncnc43)cc2)c1. The van der Waals surface area contributed by atoms with E-state index in [-0.39, 0.29) is 11.9 Å². The molecule has 0 radical (unpaired) electrons. The van der Waals surface area contributed by atoms with Gasteiger partial charge in [-0.1, -0.05) is 0 Å². The van der Waals surface area contributed by atoms with E-state index in [1.54, 1.807) is 17.2 Å². The number of nitrogens with zero attached hydrogens (tertiary/aromatic N) is 5. The third-order valence-electron chi connectivity index (χ3n) is 4.23. The van der Waals surface area contributed by atoms with Crippen LogP contribution in [0.15, 0.2) is 43.0 Å². The Morgan fingerprint density at radius 2 is 2.08 bits per heavy atom. The zero-order chi connectivity index (χ0) is 16.5. The topological polar surface area (TPSA) is 77.6 Å². The molecule has 7 heteroatoms. The van der Waals surface area contributed by atoms with E-state index in [1.165, 1.54) is 0 Å². The predicted molar refractivity (Wildman–Crippen MR) is 87.8 cm³/mol. The average molecular weight is 322 g/mol. The maximum absolute atomic E-state index is 12.5. The second-order valence-corrected chi connectivity index (χ2v) is 6.02. The molecule has 4 rings (SSSR count). The van der Waals surface area contributed by atoms with Gasteiger partial charge in [-0.25, -0.2) is 14.3 Å². The highest BCUT2D eigenvalue weighted by molar-refractivity contribution is 5.94. The van der Waals surface area contributed by atoms with E-state index < -0.39 is 0 Å². The zero-order valence-electron chi connectivity index (χ0n) is 13.4.